The van der Waals surface area contributed by atoms with Crippen LogP contribution >= 0.6 is 11.6 Å². The van der Waals surface area contributed by atoms with Gasteiger partial charge in [0.2, 0.25) is 5.91 Å². The quantitative estimate of drug-likeness (QED) is 0.799. The molecule has 2 atom stereocenters. The number of imide groups is 1. The monoisotopic (exact) mass is 351 g/mol. The molecule has 0 bridgehead atoms. The van der Waals surface area contributed by atoms with Crippen LogP contribution in [0.15, 0.2) is 24.3 Å². The van der Waals surface area contributed by atoms with Gasteiger partial charge in [-0.2, -0.15) is 0 Å². The van der Waals surface area contributed by atoms with Crippen molar-refractivity contribution < 1.29 is 14.4 Å². The van der Waals surface area contributed by atoms with E-state index in [9.17, 15) is 14.4 Å². The fourth-order valence-electron chi connectivity index (χ4n) is 2.43. The molecule has 2 N–H and O–H groups in total. The van der Waals surface area contributed by atoms with Gasteiger partial charge in [-0.3, -0.25) is 14.5 Å². The van der Waals surface area contributed by atoms with Gasteiger partial charge in [-0.1, -0.05) is 37.6 Å². The Hall–Kier alpha value is -2.08. The Bertz CT molecular complexity index is 660. The van der Waals surface area contributed by atoms with E-state index in [1.54, 1.807) is 31.2 Å². The van der Waals surface area contributed by atoms with Crippen LogP contribution in [0.25, 0.3) is 0 Å². The number of amides is 4. The molecule has 1 aromatic carbocycles. The molecule has 1 aromatic rings. The first kappa shape index (κ1) is 18.3. The molecular weight excluding hydrogens is 330 g/mol. The Balaban J connectivity index is 2.14. The van der Waals surface area contributed by atoms with Crippen LogP contribution in [-0.4, -0.2) is 35.3 Å². The van der Waals surface area contributed by atoms with Crippen molar-refractivity contribution in [1.29, 1.82) is 0 Å². The van der Waals surface area contributed by atoms with E-state index in [-0.39, 0.29) is 24.4 Å². The van der Waals surface area contributed by atoms with Crippen LogP contribution in [0.1, 0.15) is 33.3 Å². The van der Waals surface area contributed by atoms with Gasteiger partial charge < -0.3 is 10.6 Å². The molecule has 1 aliphatic rings. The Kier molecular flexibility index (Phi) is 5.18. The lowest BCUT2D eigenvalue weighted by molar-refractivity contribution is -0.135. The maximum atomic E-state index is 12.7. The molecule has 0 saturated carbocycles. The van der Waals surface area contributed by atoms with Crippen LogP contribution in [0.2, 0.25) is 5.02 Å². The molecule has 4 amide bonds. The summed E-state index contributed by atoms with van der Waals surface area (Å²) in [6.45, 7) is 7.16. The molecule has 0 unspecified atom stereocenters. The molecule has 1 saturated heterocycles. The average Bonchev–Trinajstić information content (AvgIpc) is 2.72. The first-order valence-corrected chi connectivity index (χ1v) is 8.22. The van der Waals surface area contributed by atoms with Gasteiger partial charge >= 0.3 is 6.03 Å². The van der Waals surface area contributed by atoms with Gasteiger partial charge in [-0.25, -0.2) is 4.79 Å². The number of carbonyl (C=O) groups excluding carboxylic acids is 3. The summed E-state index contributed by atoms with van der Waals surface area (Å²) in [6.07, 6.45) is 0. The van der Waals surface area contributed by atoms with Crippen molar-refractivity contribution in [3.05, 3.63) is 34.9 Å². The van der Waals surface area contributed by atoms with E-state index in [0.717, 1.165) is 4.90 Å². The number of rotatable bonds is 5. The summed E-state index contributed by atoms with van der Waals surface area (Å²) in [4.78, 5) is 37.9. The molecule has 2 rings (SSSR count). The van der Waals surface area contributed by atoms with Gasteiger partial charge in [0.1, 0.15) is 12.1 Å². The predicted molar refractivity (Wildman–Crippen MR) is 91.5 cm³/mol. The van der Waals surface area contributed by atoms with E-state index in [2.05, 4.69) is 10.6 Å². The Morgan fingerprint density at radius 2 is 1.83 bits per heavy atom. The first-order chi connectivity index (χ1) is 11.1. The fourth-order valence-corrected chi connectivity index (χ4v) is 2.56. The van der Waals surface area contributed by atoms with E-state index in [0.29, 0.717) is 10.6 Å². The van der Waals surface area contributed by atoms with Crippen LogP contribution in [0.5, 0.6) is 0 Å². The maximum Gasteiger partial charge on any atom is 0.325 e. The summed E-state index contributed by atoms with van der Waals surface area (Å²) < 4.78 is 0. The van der Waals surface area contributed by atoms with Gasteiger partial charge in [0.25, 0.3) is 5.91 Å². The summed E-state index contributed by atoms with van der Waals surface area (Å²) in [7, 11) is 0. The van der Waals surface area contributed by atoms with Crippen LogP contribution in [0.3, 0.4) is 0 Å². The summed E-state index contributed by atoms with van der Waals surface area (Å²) >= 11 is 5.86. The number of hydrogen-bond donors (Lipinski definition) is 2. The Morgan fingerprint density at radius 1 is 1.25 bits per heavy atom. The van der Waals surface area contributed by atoms with Gasteiger partial charge in [0.05, 0.1) is 0 Å². The lowest BCUT2D eigenvalue weighted by Crippen LogP contribution is -2.45. The van der Waals surface area contributed by atoms with E-state index >= 15 is 0 Å². The summed E-state index contributed by atoms with van der Waals surface area (Å²) in [5.74, 6) is -0.557. The number of hydrogen-bond acceptors (Lipinski definition) is 3. The molecule has 130 valence electrons. The first-order valence-electron chi connectivity index (χ1n) is 7.84. The van der Waals surface area contributed by atoms with Crippen molar-refractivity contribution in [2.24, 2.45) is 5.92 Å². The zero-order valence-corrected chi connectivity index (χ0v) is 15.0. The number of nitrogens with one attached hydrogen (secondary N) is 2. The number of nitrogens with zero attached hydrogens (tertiary/aromatic N) is 1. The molecule has 0 spiro atoms. The maximum absolute atomic E-state index is 12.7. The minimum Gasteiger partial charge on any atom is -0.352 e. The lowest BCUT2D eigenvalue weighted by atomic mass is 9.92. The minimum atomic E-state index is -1.20. The molecular formula is C17H22ClN3O3. The highest BCUT2D eigenvalue weighted by molar-refractivity contribution is 6.30. The zero-order chi connectivity index (χ0) is 18.1. The molecule has 6 nitrogen and oxygen atoms in total. The summed E-state index contributed by atoms with van der Waals surface area (Å²) in [6, 6.07) is 6.06. The van der Waals surface area contributed by atoms with E-state index in [1.807, 2.05) is 20.8 Å². The van der Waals surface area contributed by atoms with Crippen molar-refractivity contribution >= 4 is 29.4 Å². The average molecular weight is 352 g/mol. The summed E-state index contributed by atoms with van der Waals surface area (Å²) in [5, 5.41) is 5.99. The van der Waals surface area contributed by atoms with Gasteiger partial charge in [0.15, 0.2) is 0 Å². The third kappa shape index (κ3) is 3.53. The third-order valence-electron chi connectivity index (χ3n) is 4.39. The Morgan fingerprint density at radius 3 is 2.38 bits per heavy atom. The highest BCUT2D eigenvalue weighted by Crippen LogP contribution is 2.29. The number of benzene rings is 1. The summed E-state index contributed by atoms with van der Waals surface area (Å²) in [5.41, 5.74) is -0.588. The number of urea groups is 1. The van der Waals surface area contributed by atoms with Crippen molar-refractivity contribution in [1.82, 2.24) is 15.5 Å². The topological polar surface area (TPSA) is 78.5 Å². The SMILES string of the molecule is CC(C)[C@H](C)NC(=O)CN1C(=O)N[C@@](C)(c2ccc(Cl)cc2)C1=O. The molecule has 1 aliphatic heterocycles. The van der Waals surface area contributed by atoms with Gasteiger partial charge in [0, 0.05) is 11.1 Å². The van der Waals surface area contributed by atoms with E-state index in [4.69, 9.17) is 11.6 Å². The normalized spacial score (nSPS) is 21.8. The highest BCUT2D eigenvalue weighted by atomic mass is 35.5. The predicted octanol–water partition coefficient (Wildman–Crippen LogP) is 2.27. The number of halogens is 1. The lowest BCUT2D eigenvalue weighted by Gasteiger charge is -2.23. The van der Waals surface area contributed by atoms with Crippen LogP contribution in [-0.2, 0) is 15.1 Å². The molecule has 0 aromatic heterocycles. The van der Waals surface area contributed by atoms with Gasteiger partial charge in [-0.05, 0) is 37.5 Å². The molecule has 7 heteroatoms. The van der Waals surface area contributed by atoms with E-state index < -0.39 is 17.5 Å². The van der Waals surface area contributed by atoms with Crippen LogP contribution in [0.4, 0.5) is 4.79 Å². The zero-order valence-electron chi connectivity index (χ0n) is 14.2. The highest BCUT2D eigenvalue weighted by Gasteiger charge is 2.49. The third-order valence-corrected chi connectivity index (χ3v) is 4.64. The van der Waals surface area contributed by atoms with Crippen LogP contribution in [0, 0.1) is 5.92 Å². The van der Waals surface area contributed by atoms with Crippen LogP contribution < -0.4 is 10.6 Å². The second kappa shape index (κ2) is 6.81. The molecule has 0 aliphatic carbocycles. The smallest absolute Gasteiger partial charge is 0.325 e. The van der Waals surface area contributed by atoms with E-state index in [1.165, 1.54) is 0 Å². The van der Waals surface area contributed by atoms with Crippen molar-refractivity contribution in [3.8, 4) is 0 Å². The van der Waals surface area contributed by atoms with Crippen molar-refractivity contribution in [2.45, 2.75) is 39.3 Å². The van der Waals surface area contributed by atoms with Gasteiger partial charge in [-0.15, -0.1) is 0 Å². The molecule has 1 heterocycles. The minimum absolute atomic E-state index is 0.0408. The van der Waals surface area contributed by atoms with Crippen molar-refractivity contribution in [3.63, 3.8) is 0 Å². The largest absolute Gasteiger partial charge is 0.352 e. The second-order valence-electron chi connectivity index (χ2n) is 6.55. The molecule has 1 fully saturated rings. The van der Waals surface area contributed by atoms with Crippen molar-refractivity contribution in [2.75, 3.05) is 6.54 Å². The fraction of sp³-hybridized carbons (Fsp3) is 0.471. The Labute approximate surface area is 146 Å². The standard InChI is InChI=1S/C17H22ClN3O3/c1-10(2)11(3)19-14(22)9-21-15(23)17(4,20-16(21)24)12-5-7-13(18)8-6-12/h5-8,10-11H,9H2,1-4H3,(H,19,22)(H,20,24)/t11-,17-/m0/s1. The second-order valence-corrected chi connectivity index (χ2v) is 6.99. The molecule has 24 heavy (non-hydrogen) atoms. The molecule has 0 radical (unpaired) electrons. The number of carbonyl (C=O) groups is 3.